The van der Waals surface area contributed by atoms with E-state index < -0.39 is 10.0 Å². The van der Waals surface area contributed by atoms with Crippen LogP contribution in [0.4, 0.5) is 0 Å². The van der Waals surface area contributed by atoms with E-state index >= 15 is 0 Å². The Kier molecular flexibility index (Phi) is 6.68. The normalized spacial score (nSPS) is 22.2. The monoisotopic (exact) mass is 362 g/mol. The first-order valence-electron chi connectivity index (χ1n) is 9.59. The highest BCUT2D eigenvalue weighted by atomic mass is 32.2. The van der Waals surface area contributed by atoms with Gasteiger partial charge in [0, 0.05) is 31.6 Å². The van der Waals surface area contributed by atoms with Crippen molar-refractivity contribution in [3.05, 3.63) is 41.3 Å². The molecule has 25 heavy (non-hydrogen) atoms. The molecule has 1 heterocycles. The maximum Gasteiger partial charge on any atom is 0.236 e. The number of rotatable bonds is 5. The summed E-state index contributed by atoms with van der Waals surface area (Å²) in [5.41, 5.74) is 0.917. The summed E-state index contributed by atoms with van der Waals surface area (Å²) in [7, 11) is -3.34. The van der Waals surface area contributed by atoms with E-state index in [1.54, 1.807) is 10.4 Å². The average molecular weight is 363 g/mol. The molecule has 1 aliphatic carbocycles. The molecule has 3 rings (SSSR count). The van der Waals surface area contributed by atoms with Crippen LogP contribution in [0.15, 0.2) is 35.7 Å². The first-order chi connectivity index (χ1) is 12.1. The first-order valence-corrected chi connectivity index (χ1v) is 11.1. The van der Waals surface area contributed by atoms with E-state index in [4.69, 9.17) is 0 Å². The third-order valence-corrected chi connectivity index (χ3v) is 6.95. The molecule has 4 nitrogen and oxygen atoms in total. The molecular weight excluding hydrogens is 332 g/mol. The third kappa shape index (κ3) is 5.66. The summed E-state index contributed by atoms with van der Waals surface area (Å²) in [4.78, 5) is 2.48. The molecule has 1 aliphatic heterocycles. The van der Waals surface area contributed by atoms with Crippen LogP contribution in [0.3, 0.4) is 0 Å². The van der Waals surface area contributed by atoms with Crippen LogP contribution in [-0.2, 0) is 10.0 Å². The van der Waals surface area contributed by atoms with Gasteiger partial charge in [-0.15, -0.1) is 0 Å². The highest BCUT2D eigenvalue weighted by molar-refractivity contribution is 7.92. The smallest absolute Gasteiger partial charge is 0.236 e. The maximum absolute atomic E-state index is 12.6. The van der Waals surface area contributed by atoms with Crippen LogP contribution >= 0.6 is 0 Å². The predicted molar refractivity (Wildman–Crippen MR) is 104 cm³/mol. The van der Waals surface area contributed by atoms with Crippen LogP contribution in [0.25, 0.3) is 6.08 Å². The molecule has 2 fully saturated rings. The van der Waals surface area contributed by atoms with Crippen molar-refractivity contribution >= 4 is 16.1 Å². The van der Waals surface area contributed by atoms with Crippen molar-refractivity contribution in [1.82, 2.24) is 9.21 Å². The van der Waals surface area contributed by atoms with Gasteiger partial charge in [0.05, 0.1) is 0 Å². The third-order valence-electron chi connectivity index (χ3n) is 5.38. The summed E-state index contributed by atoms with van der Waals surface area (Å²) in [5, 5.41) is 1.36. The zero-order chi connectivity index (χ0) is 17.5. The fourth-order valence-corrected chi connectivity index (χ4v) is 5.15. The Morgan fingerprint density at radius 2 is 1.68 bits per heavy atom. The Bertz CT molecular complexity index is 652. The first kappa shape index (κ1) is 18.6. The maximum atomic E-state index is 12.6. The quantitative estimate of drug-likeness (QED) is 0.804. The lowest BCUT2D eigenvalue weighted by Crippen LogP contribution is -2.36. The zero-order valence-corrected chi connectivity index (χ0v) is 15.8. The Balaban J connectivity index is 1.55. The molecule has 0 amide bonds. The minimum Gasteiger partial charge on any atom is -0.302 e. The topological polar surface area (TPSA) is 40.6 Å². The van der Waals surface area contributed by atoms with E-state index in [0.29, 0.717) is 13.1 Å². The summed E-state index contributed by atoms with van der Waals surface area (Å²) in [6.07, 6.45) is 9.42. The van der Waals surface area contributed by atoms with Crippen molar-refractivity contribution < 1.29 is 8.42 Å². The molecule has 1 aromatic rings. The Morgan fingerprint density at radius 3 is 2.44 bits per heavy atom. The van der Waals surface area contributed by atoms with E-state index in [1.807, 2.05) is 30.3 Å². The molecule has 0 radical (unpaired) electrons. The Morgan fingerprint density at radius 1 is 0.920 bits per heavy atom. The lowest BCUT2D eigenvalue weighted by atomic mass is 9.89. The lowest BCUT2D eigenvalue weighted by molar-refractivity contribution is 0.208. The SMILES string of the molecule is O=S(=O)(/C=C/c1ccccc1)N1CCCN(CC2CCCCC2)CC1. The minimum absolute atomic E-state index is 0.605. The van der Waals surface area contributed by atoms with Gasteiger partial charge in [-0.1, -0.05) is 49.6 Å². The molecule has 0 unspecified atom stereocenters. The van der Waals surface area contributed by atoms with Gasteiger partial charge in [0.25, 0.3) is 0 Å². The molecule has 5 heteroatoms. The molecule has 0 N–H and O–H groups in total. The van der Waals surface area contributed by atoms with Gasteiger partial charge in [-0.05, 0) is 43.4 Å². The van der Waals surface area contributed by atoms with Crippen LogP contribution in [0, 0.1) is 5.92 Å². The molecule has 1 saturated heterocycles. The molecule has 2 aliphatic rings. The number of nitrogens with zero attached hydrogens (tertiary/aromatic N) is 2. The summed E-state index contributed by atoms with van der Waals surface area (Å²) in [6.45, 7) is 4.25. The fourth-order valence-electron chi connectivity index (χ4n) is 3.93. The molecular formula is C20H30N2O2S. The minimum atomic E-state index is -3.34. The summed E-state index contributed by atoms with van der Waals surface area (Å²) in [6, 6.07) is 9.60. The van der Waals surface area contributed by atoms with Crippen molar-refractivity contribution in [2.45, 2.75) is 38.5 Å². The van der Waals surface area contributed by atoms with E-state index in [0.717, 1.165) is 37.5 Å². The number of hydrogen-bond acceptors (Lipinski definition) is 3. The molecule has 0 aromatic heterocycles. The largest absolute Gasteiger partial charge is 0.302 e. The van der Waals surface area contributed by atoms with Crippen LogP contribution in [0.2, 0.25) is 0 Å². The summed E-state index contributed by atoms with van der Waals surface area (Å²) in [5.74, 6) is 0.815. The molecule has 138 valence electrons. The molecule has 0 bridgehead atoms. The van der Waals surface area contributed by atoms with Crippen LogP contribution < -0.4 is 0 Å². The van der Waals surface area contributed by atoms with Crippen LogP contribution in [0.5, 0.6) is 0 Å². The second-order valence-electron chi connectivity index (χ2n) is 7.32. The fraction of sp³-hybridized carbons (Fsp3) is 0.600. The summed E-state index contributed by atoms with van der Waals surface area (Å²) < 4.78 is 26.9. The van der Waals surface area contributed by atoms with Crippen molar-refractivity contribution in [1.29, 1.82) is 0 Å². The molecule has 1 aromatic carbocycles. The molecule has 0 atom stereocenters. The predicted octanol–water partition coefficient (Wildman–Crippen LogP) is 3.58. The highest BCUT2D eigenvalue weighted by Gasteiger charge is 2.24. The van der Waals surface area contributed by atoms with Crippen LogP contribution in [0.1, 0.15) is 44.1 Å². The van der Waals surface area contributed by atoms with Gasteiger partial charge >= 0.3 is 0 Å². The van der Waals surface area contributed by atoms with Crippen molar-refractivity contribution in [3.63, 3.8) is 0 Å². The van der Waals surface area contributed by atoms with Crippen molar-refractivity contribution in [3.8, 4) is 0 Å². The van der Waals surface area contributed by atoms with Gasteiger partial charge in [-0.25, -0.2) is 8.42 Å². The van der Waals surface area contributed by atoms with Gasteiger partial charge in [-0.2, -0.15) is 4.31 Å². The molecule has 1 saturated carbocycles. The Labute approximate surface area is 152 Å². The number of benzene rings is 1. The van der Waals surface area contributed by atoms with Gasteiger partial charge in [-0.3, -0.25) is 0 Å². The van der Waals surface area contributed by atoms with Gasteiger partial charge < -0.3 is 4.90 Å². The van der Waals surface area contributed by atoms with Gasteiger partial charge in [0.2, 0.25) is 10.0 Å². The van der Waals surface area contributed by atoms with Gasteiger partial charge in [0.1, 0.15) is 0 Å². The van der Waals surface area contributed by atoms with Crippen molar-refractivity contribution in [2.24, 2.45) is 5.92 Å². The number of hydrogen-bond donors (Lipinski definition) is 0. The summed E-state index contributed by atoms with van der Waals surface area (Å²) >= 11 is 0. The average Bonchev–Trinajstić information content (AvgIpc) is 2.88. The van der Waals surface area contributed by atoms with Gasteiger partial charge in [0.15, 0.2) is 0 Å². The second kappa shape index (κ2) is 8.97. The van der Waals surface area contributed by atoms with E-state index in [1.165, 1.54) is 37.5 Å². The van der Waals surface area contributed by atoms with Crippen LogP contribution in [-0.4, -0.2) is 50.3 Å². The highest BCUT2D eigenvalue weighted by Crippen LogP contribution is 2.25. The second-order valence-corrected chi connectivity index (χ2v) is 9.13. The van der Waals surface area contributed by atoms with E-state index in [2.05, 4.69) is 4.90 Å². The van der Waals surface area contributed by atoms with E-state index in [-0.39, 0.29) is 0 Å². The zero-order valence-electron chi connectivity index (χ0n) is 15.0. The van der Waals surface area contributed by atoms with Crippen molar-refractivity contribution in [2.75, 3.05) is 32.7 Å². The lowest BCUT2D eigenvalue weighted by Gasteiger charge is -2.28. The Hall–Kier alpha value is -1.17. The standard InChI is InChI=1S/C20H30N2O2S/c23-25(24,17-12-19-8-3-1-4-9-19)22-14-7-13-21(15-16-22)18-20-10-5-2-6-11-20/h1,3-4,8-9,12,17,20H,2,5-7,10-11,13-16,18H2/b17-12+. The van der Waals surface area contributed by atoms with E-state index in [9.17, 15) is 8.42 Å². The number of sulfonamides is 1. The molecule has 0 spiro atoms.